The highest BCUT2D eigenvalue weighted by Crippen LogP contribution is 2.36. The topological polar surface area (TPSA) is 88.2 Å². The summed E-state index contributed by atoms with van der Waals surface area (Å²) in [6.45, 7) is 1.23. The number of ether oxygens (including phenoxy) is 2. The Morgan fingerprint density at radius 1 is 1.09 bits per heavy atom. The summed E-state index contributed by atoms with van der Waals surface area (Å²) in [6, 6.07) is 14.7. The van der Waals surface area contributed by atoms with Crippen LogP contribution in [0.3, 0.4) is 0 Å². The van der Waals surface area contributed by atoms with E-state index in [4.69, 9.17) is 9.47 Å². The van der Waals surface area contributed by atoms with Crippen molar-refractivity contribution in [1.82, 2.24) is 15.1 Å². The molecule has 2 aromatic rings. The minimum atomic E-state index is -1.15. The maximum absolute atomic E-state index is 13.6. The van der Waals surface area contributed by atoms with Gasteiger partial charge in [-0.25, -0.2) is 9.18 Å². The number of nitrogens with zero attached hydrogens (tertiary/aromatic N) is 2. The molecular formula is C26H30FN3O5. The van der Waals surface area contributed by atoms with Crippen LogP contribution in [0.4, 0.5) is 9.18 Å². The molecule has 2 aliphatic rings. The van der Waals surface area contributed by atoms with Crippen LogP contribution in [0.25, 0.3) is 0 Å². The number of benzene rings is 2. The van der Waals surface area contributed by atoms with E-state index in [1.807, 2.05) is 18.2 Å². The van der Waals surface area contributed by atoms with Gasteiger partial charge in [0.2, 0.25) is 0 Å². The molecule has 0 bridgehead atoms. The highest BCUT2D eigenvalue weighted by Gasteiger charge is 2.55. The smallest absolute Gasteiger partial charge is 0.325 e. The molecule has 1 N–H and O–H groups in total. The molecule has 186 valence electrons. The van der Waals surface area contributed by atoms with Gasteiger partial charge in [-0.2, -0.15) is 0 Å². The Kier molecular flexibility index (Phi) is 7.65. The summed E-state index contributed by atoms with van der Waals surface area (Å²) < 4.78 is 24.1. The minimum absolute atomic E-state index is 0.0597. The number of nitrogens with one attached hydrogen (secondary N) is 1. The average Bonchev–Trinajstić information content (AvgIpc) is 3.12. The van der Waals surface area contributed by atoms with Gasteiger partial charge >= 0.3 is 6.03 Å². The lowest BCUT2D eigenvalue weighted by Crippen LogP contribution is -2.58. The molecule has 1 atom stereocenters. The first kappa shape index (κ1) is 24.7. The van der Waals surface area contributed by atoms with Crippen molar-refractivity contribution in [2.45, 2.75) is 24.8 Å². The molecule has 0 radical (unpaired) electrons. The van der Waals surface area contributed by atoms with E-state index in [0.717, 1.165) is 5.56 Å². The Morgan fingerprint density at radius 3 is 2.43 bits per heavy atom. The van der Waals surface area contributed by atoms with E-state index in [9.17, 15) is 18.8 Å². The molecule has 0 saturated carbocycles. The Morgan fingerprint density at radius 2 is 1.77 bits per heavy atom. The number of likely N-dealkylation sites (tertiary alicyclic amines) is 1. The highest BCUT2D eigenvalue weighted by atomic mass is 19.1. The number of methoxy groups -OCH3 is 1. The number of imide groups is 1. The van der Waals surface area contributed by atoms with E-state index in [1.54, 1.807) is 29.2 Å². The predicted octanol–water partition coefficient (Wildman–Crippen LogP) is 2.62. The zero-order chi connectivity index (χ0) is 24.8. The van der Waals surface area contributed by atoms with Crippen molar-refractivity contribution >= 4 is 17.8 Å². The molecule has 0 aromatic heterocycles. The zero-order valence-electron chi connectivity index (χ0n) is 19.7. The molecule has 35 heavy (non-hydrogen) atoms. The summed E-state index contributed by atoms with van der Waals surface area (Å²) in [7, 11) is 1.51. The second-order valence-electron chi connectivity index (χ2n) is 8.91. The lowest BCUT2D eigenvalue weighted by atomic mass is 9.74. The number of para-hydroxylation sites is 1. The molecule has 4 rings (SSSR count). The van der Waals surface area contributed by atoms with Gasteiger partial charge in [0.25, 0.3) is 11.8 Å². The minimum Gasteiger partial charge on any atom is -0.484 e. The molecule has 0 spiro atoms. The van der Waals surface area contributed by atoms with Gasteiger partial charge in [0.15, 0.2) is 6.61 Å². The number of hydrogen-bond acceptors (Lipinski definition) is 5. The molecule has 2 heterocycles. The van der Waals surface area contributed by atoms with Crippen molar-refractivity contribution in [2.75, 3.05) is 40.0 Å². The largest absolute Gasteiger partial charge is 0.484 e. The van der Waals surface area contributed by atoms with E-state index in [-0.39, 0.29) is 49.7 Å². The van der Waals surface area contributed by atoms with Gasteiger partial charge in [0, 0.05) is 26.6 Å². The highest BCUT2D eigenvalue weighted by molar-refractivity contribution is 6.07. The van der Waals surface area contributed by atoms with Crippen LogP contribution in [0.5, 0.6) is 5.75 Å². The normalized spacial score (nSPS) is 20.7. The van der Waals surface area contributed by atoms with Crippen molar-refractivity contribution < 1.29 is 28.2 Å². The number of halogens is 1. The number of rotatable bonds is 9. The fraction of sp³-hybridized carbons (Fsp3) is 0.423. The summed E-state index contributed by atoms with van der Waals surface area (Å²) in [5.41, 5.74) is -0.401. The van der Waals surface area contributed by atoms with Gasteiger partial charge in [-0.3, -0.25) is 14.5 Å². The molecular weight excluding hydrogens is 453 g/mol. The second kappa shape index (κ2) is 10.9. The summed E-state index contributed by atoms with van der Waals surface area (Å²) in [5.74, 6) is -0.347. The van der Waals surface area contributed by atoms with Crippen LogP contribution in [-0.2, 0) is 20.7 Å². The SMILES string of the molecule is COCCN1C(=O)NC(Cc2ccc(F)cc2)(C2CCN(C(=O)COc3ccccc3)CC2)C1=O. The number of carbonyl (C=O) groups excluding carboxylic acids is 3. The van der Waals surface area contributed by atoms with Crippen LogP contribution in [0, 0.1) is 11.7 Å². The predicted molar refractivity (Wildman–Crippen MR) is 126 cm³/mol. The lowest BCUT2D eigenvalue weighted by molar-refractivity contribution is -0.137. The summed E-state index contributed by atoms with van der Waals surface area (Å²) >= 11 is 0. The number of hydrogen-bond donors (Lipinski definition) is 1. The van der Waals surface area contributed by atoms with Gasteiger partial charge in [-0.1, -0.05) is 30.3 Å². The second-order valence-corrected chi connectivity index (χ2v) is 8.91. The number of amides is 4. The van der Waals surface area contributed by atoms with Gasteiger partial charge in [0.1, 0.15) is 17.1 Å². The Labute approximate surface area is 204 Å². The number of piperidine rings is 1. The van der Waals surface area contributed by atoms with Gasteiger partial charge in [-0.05, 0) is 48.6 Å². The molecule has 8 nitrogen and oxygen atoms in total. The van der Waals surface area contributed by atoms with E-state index < -0.39 is 11.6 Å². The van der Waals surface area contributed by atoms with Crippen LogP contribution >= 0.6 is 0 Å². The molecule has 2 saturated heterocycles. The third-order valence-electron chi connectivity index (χ3n) is 6.77. The van der Waals surface area contributed by atoms with Gasteiger partial charge in [0.05, 0.1) is 13.2 Å². The Hall–Kier alpha value is -3.46. The quantitative estimate of drug-likeness (QED) is 0.554. The van der Waals surface area contributed by atoms with Crippen LogP contribution in [0.15, 0.2) is 54.6 Å². The number of carbonyl (C=O) groups is 3. The molecule has 0 aliphatic carbocycles. The summed E-state index contributed by atoms with van der Waals surface area (Å²) in [6.07, 6.45) is 1.34. The summed E-state index contributed by atoms with van der Waals surface area (Å²) in [5, 5.41) is 2.96. The first-order chi connectivity index (χ1) is 16.9. The molecule has 9 heteroatoms. The maximum Gasteiger partial charge on any atom is 0.325 e. The first-order valence-corrected chi connectivity index (χ1v) is 11.8. The average molecular weight is 484 g/mol. The molecule has 2 aliphatic heterocycles. The van der Waals surface area contributed by atoms with Gasteiger partial charge in [-0.15, -0.1) is 0 Å². The van der Waals surface area contributed by atoms with Crippen LogP contribution in [-0.4, -0.2) is 73.1 Å². The Bertz CT molecular complexity index is 1040. The van der Waals surface area contributed by atoms with Crippen molar-refractivity contribution in [1.29, 1.82) is 0 Å². The van der Waals surface area contributed by atoms with Crippen molar-refractivity contribution in [3.8, 4) is 5.75 Å². The Balaban J connectivity index is 1.46. The standard InChI is InChI=1S/C26H30FN3O5/c1-34-16-15-30-24(32)26(28-25(30)33,17-19-7-9-21(27)10-8-19)20-11-13-29(14-12-20)23(31)18-35-22-5-3-2-4-6-22/h2-10,20H,11-18H2,1H3,(H,28,33). The van der Waals surface area contributed by atoms with Gasteiger partial charge < -0.3 is 19.7 Å². The van der Waals surface area contributed by atoms with E-state index in [2.05, 4.69) is 5.32 Å². The molecule has 2 aromatic carbocycles. The fourth-order valence-corrected chi connectivity index (χ4v) is 4.87. The monoisotopic (exact) mass is 483 g/mol. The summed E-state index contributed by atoms with van der Waals surface area (Å²) in [4.78, 5) is 42.0. The van der Waals surface area contributed by atoms with E-state index in [1.165, 1.54) is 24.1 Å². The van der Waals surface area contributed by atoms with Crippen molar-refractivity contribution in [3.05, 3.63) is 66.0 Å². The van der Waals surface area contributed by atoms with Crippen LogP contribution in [0.1, 0.15) is 18.4 Å². The fourth-order valence-electron chi connectivity index (χ4n) is 4.87. The van der Waals surface area contributed by atoms with Crippen LogP contribution < -0.4 is 10.1 Å². The maximum atomic E-state index is 13.6. The van der Waals surface area contributed by atoms with Crippen molar-refractivity contribution in [3.63, 3.8) is 0 Å². The zero-order valence-corrected chi connectivity index (χ0v) is 19.7. The van der Waals surface area contributed by atoms with E-state index in [0.29, 0.717) is 31.7 Å². The number of urea groups is 1. The third-order valence-corrected chi connectivity index (χ3v) is 6.77. The van der Waals surface area contributed by atoms with E-state index >= 15 is 0 Å². The third kappa shape index (κ3) is 5.45. The van der Waals surface area contributed by atoms with Crippen LogP contribution in [0.2, 0.25) is 0 Å². The molecule has 4 amide bonds. The van der Waals surface area contributed by atoms with Crippen molar-refractivity contribution in [2.24, 2.45) is 5.92 Å². The first-order valence-electron chi connectivity index (χ1n) is 11.8. The molecule has 1 unspecified atom stereocenters. The molecule has 2 fully saturated rings. The lowest BCUT2D eigenvalue weighted by Gasteiger charge is -2.41.